The van der Waals surface area contributed by atoms with Crippen molar-refractivity contribution in [1.82, 2.24) is 25.5 Å². The second-order valence-electron chi connectivity index (χ2n) is 5.38. The molecule has 1 N–H and O–H groups in total. The fourth-order valence-corrected chi connectivity index (χ4v) is 2.60. The molecule has 0 amide bonds. The van der Waals surface area contributed by atoms with Crippen molar-refractivity contribution in [1.29, 1.82) is 0 Å². The lowest BCUT2D eigenvalue weighted by molar-refractivity contribution is -0.145. The number of ether oxygens (including phenoxy) is 1. The topological polar surface area (TPSA) is 81.9 Å². The monoisotopic (exact) mass is 301 g/mol. The number of hydrogen-bond donors (Lipinski definition) is 1. The van der Waals surface area contributed by atoms with Crippen LogP contribution in [-0.2, 0) is 9.53 Å². The van der Waals surface area contributed by atoms with Crippen LogP contribution < -0.4 is 5.32 Å². The van der Waals surface area contributed by atoms with Crippen LogP contribution in [0, 0.1) is 6.92 Å². The third kappa shape index (κ3) is 2.99. The van der Waals surface area contributed by atoms with Crippen LogP contribution in [0.3, 0.4) is 0 Å². The maximum absolute atomic E-state index is 11.7. The fourth-order valence-electron chi connectivity index (χ4n) is 2.60. The number of esters is 1. The van der Waals surface area contributed by atoms with E-state index in [0.29, 0.717) is 12.4 Å². The maximum Gasteiger partial charge on any atom is 0.323 e. The number of benzene rings is 1. The second-order valence-corrected chi connectivity index (χ2v) is 5.38. The molecule has 1 aromatic heterocycles. The van der Waals surface area contributed by atoms with Crippen molar-refractivity contribution in [3.05, 3.63) is 35.7 Å². The Balaban J connectivity index is 1.71. The van der Waals surface area contributed by atoms with Gasteiger partial charge in [0.15, 0.2) is 5.82 Å². The highest BCUT2D eigenvalue weighted by atomic mass is 16.5. The van der Waals surface area contributed by atoms with E-state index in [4.69, 9.17) is 4.74 Å². The largest absolute Gasteiger partial charge is 0.465 e. The van der Waals surface area contributed by atoms with Crippen LogP contribution in [0.1, 0.15) is 37.2 Å². The fraction of sp³-hybridized carbons (Fsp3) is 0.467. The van der Waals surface area contributed by atoms with Crippen molar-refractivity contribution >= 4 is 5.97 Å². The van der Waals surface area contributed by atoms with Gasteiger partial charge in [0, 0.05) is 0 Å². The Morgan fingerprint density at radius 1 is 1.45 bits per heavy atom. The molecule has 2 atom stereocenters. The van der Waals surface area contributed by atoms with Crippen LogP contribution in [0.25, 0.3) is 5.69 Å². The molecule has 0 unspecified atom stereocenters. The lowest BCUT2D eigenvalue weighted by Gasteiger charge is -2.10. The number of tetrazole rings is 1. The quantitative estimate of drug-likeness (QED) is 0.858. The summed E-state index contributed by atoms with van der Waals surface area (Å²) in [7, 11) is 0. The molecule has 1 aliphatic heterocycles. The minimum Gasteiger partial charge on any atom is -0.465 e. The van der Waals surface area contributed by atoms with E-state index >= 15 is 0 Å². The van der Waals surface area contributed by atoms with Gasteiger partial charge in [-0.2, -0.15) is 0 Å². The first-order valence-electron chi connectivity index (χ1n) is 7.47. The SMILES string of the molecule is CCOC(=O)[C@@H]1CC[C@H](c2nnn(-c3cccc(C)c3)n2)N1. The predicted molar refractivity (Wildman–Crippen MR) is 79.4 cm³/mol. The van der Waals surface area contributed by atoms with Gasteiger partial charge in [0.25, 0.3) is 0 Å². The lowest BCUT2D eigenvalue weighted by atomic mass is 10.2. The van der Waals surface area contributed by atoms with Crippen molar-refractivity contribution in [3.8, 4) is 5.69 Å². The van der Waals surface area contributed by atoms with Crippen molar-refractivity contribution in [2.24, 2.45) is 0 Å². The second kappa shape index (κ2) is 6.23. The van der Waals surface area contributed by atoms with Gasteiger partial charge in [-0.05, 0) is 49.6 Å². The highest BCUT2D eigenvalue weighted by molar-refractivity contribution is 5.76. The van der Waals surface area contributed by atoms with Crippen LogP contribution >= 0.6 is 0 Å². The summed E-state index contributed by atoms with van der Waals surface area (Å²) in [6.07, 6.45) is 1.52. The minimum absolute atomic E-state index is 0.0621. The van der Waals surface area contributed by atoms with E-state index < -0.39 is 0 Å². The molecule has 1 fully saturated rings. The van der Waals surface area contributed by atoms with Gasteiger partial charge in [-0.25, -0.2) is 0 Å². The third-order valence-electron chi connectivity index (χ3n) is 3.69. The standard InChI is InChI=1S/C15H19N5O2/c1-3-22-15(21)13-8-7-12(16-13)14-17-19-20(18-14)11-6-4-5-10(2)9-11/h4-6,9,12-13,16H,3,7-8H2,1-2H3/t12-,13+/m1/s1. The van der Waals surface area contributed by atoms with E-state index in [9.17, 15) is 4.79 Å². The summed E-state index contributed by atoms with van der Waals surface area (Å²) in [5.74, 6) is 0.393. The Labute approximate surface area is 128 Å². The molecule has 0 aliphatic carbocycles. The Morgan fingerprint density at radius 3 is 3.09 bits per heavy atom. The van der Waals surface area contributed by atoms with E-state index in [1.807, 2.05) is 31.2 Å². The molecule has 0 bridgehead atoms. The molecule has 7 nitrogen and oxygen atoms in total. The number of hydrogen-bond acceptors (Lipinski definition) is 6. The number of aromatic nitrogens is 4. The van der Waals surface area contributed by atoms with Crippen molar-refractivity contribution < 1.29 is 9.53 Å². The van der Waals surface area contributed by atoms with Gasteiger partial charge in [-0.1, -0.05) is 12.1 Å². The Kier molecular flexibility index (Phi) is 4.15. The Morgan fingerprint density at radius 2 is 2.32 bits per heavy atom. The molecular formula is C15H19N5O2. The van der Waals surface area contributed by atoms with Crippen molar-refractivity contribution in [2.45, 2.75) is 38.8 Å². The first-order valence-corrected chi connectivity index (χ1v) is 7.47. The molecule has 0 radical (unpaired) electrons. The summed E-state index contributed by atoms with van der Waals surface area (Å²) in [5, 5.41) is 15.8. The first-order chi connectivity index (χ1) is 10.7. The number of carbonyl (C=O) groups excluding carboxylic acids is 1. The van der Waals surface area contributed by atoms with E-state index in [0.717, 1.165) is 24.1 Å². The molecule has 2 aromatic rings. The first kappa shape index (κ1) is 14.6. The molecule has 22 heavy (non-hydrogen) atoms. The third-order valence-corrected chi connectivity index (χ3v) is 3.69. The van der Waals surface area contributed by atoms with E-state index in [1.165, 1.54) is 4.80 Å². The summed E-state index contributed by atoms with van der Waals surface area (Å²) >= 11 is 0. The molecule has 1 aliphatic rings. The zero-order valence-corrected chi connectivity index (χ0v) is 12.7. The molecule has 116 valence electrons. The maximum atomic E-state index is 11.7. The molecular weight excluding hydrogens is 282 g/mol. The zero-order valence-electron chi connectivity index (χ0n) is 12.7. The van der Waals surface area contributed by atoms with Crippen molar-refractivity contribution in [2.75, 3.05) is 6.61 Å². The van der Waals surface area contributed by atoms with E-state index in [-0.39, 0.29) is 18.1 Å². The molecule has 3 rings (SSSR count). The van der Waals surface area contributed by atoms with Gasteiger partial charge in [-0.3, -0.25) is 10.1 Å². The van der Waals surface area contributed by atoms with Crippen molar-refractivity contribution in [3.63, 3.8) is 0 Å². The number of aryl methyl sites for hydroxylation is 1. The molecule has 0 saturated carbocycles. The van der Waals surface area contributed by atoms with Gasteiger partial charge in [0.05, 0.1) is 18.3 Å². The minimum atomic E-state index is -0.282. The summed E-state index contributed by atoms with van der Waals surface area (Å²) in [5.41, 5.74) is 2.01. The molecule has 1 aromatic carbocycles. The Hall–Kier alpha value is -2.28. The Bertz CT molecular complexity index is 669. The summed E-state index contributed by atoms with van der Waals surface area (Å²) in [6, 6.07) is 7.56. The number of rotatable bonds is 4. The smallest absolute Gasteiger partial charge is 0.323 e. The van der Waals surface area contributed by atoms with Crippen LogP contribution in [0.5, 0.6) is 0 Å². The number of nitrogens with zero attached hydrogens (tertiary/aromatic N) is 4. The molecule has 1 saturated heterocycles. The summed E-state index contributed by atoms with van der Waals surface area (Å²) in [6.45, 7) is 4.21. The summed E-state index contributed by atoms with van der Waals surface area (Å²) in [4.78, 5) is 13.3. The van der Waals surface area contributed by atoms with Crippen LogP contribution in [-0.4, -0.2) is 38.8 Å². The average Bonchev–Trinajstić information content (AvgIpc) is 3.17. The number of carbonyl (C=O) groups is 1. The highest BCUT2D eigenvalue weighted by Crippen LogP contribution is 2.24. The number of nitrogens with one attached hydrogen (secondary N) is 1. The van der Waals surface area contributed by atoms with Crippen LogP contribution in [0.2, 0.25) is 0 Å². The zero-order chi connectivity index (χ0) is 15.5. The van der Waals surface area contributed by atoms with Crippen LogP contribution in [0.15, 0.2) is 24.3 Å². The van der Waals surface area contributed by atoms with E-state index in [2.05, 4.69) is 20.7 Å². The molecule has 7 heteroatoms. The summed E-state index contributed by atoms with van der Waals surface area (Å²) < 4.78 is 5.03. The van der Waals surface area contributed by atoms with Gasteiger partial charge >= 0.3 is 5.97 Å². The van der Waals surface area contributed by atoms with E-state index in [1.54, 1.807) is 6.92 Å². The molecule has 0 spiro atoms. The lowest BCUT2D eigenvalue weighted by Crippen LogP contribution is -2.34. The van der Waals surface area contributed by atoms with Gasteiger partial charge < -0.3 is 4.74 Å². The predicted octanol–water partition coefficient (Wildman–Crippen LogP) is 1.33. The van der Waals surface area contributed by atoms with Gasteiger partial charge in [0.2, 0.25) is 0 Å². The van der Waals surface area contributed by atoms with Gasteiger partial charge in [-0.15, -0.1) is 15.0 Å². The van der Waals surface area contributed by atoms with Gasteiger partial charge in [0.1, 0.15) is 6.04 Å². The van der Waals surface area contributed by atoms with Crippen LogP contribution in [0.4, 0.5) is 0 Å². The molecule has 2 heterocycles. The average molecular weight is 301 g/mol. The normalized spacial score (nSPS) is 21.0. The highest BCUT2D eigenvalue weighted by Gasteiger charge is 2.33.